The molecule has 0 aliphatic carbocycles. The van der Waals surface area contributed by atoms with Crippen LogP contribution in [0.2, 0.25) is 0 Å². The molecule has 0 bridgehead atoms. The SMILES string of the molecule is Cc1cc(C)c(PN(C(C)C)C(C)C)c(C)c1. The van der Waals surface area contributed by atoms with Gasteiger partial charge < -0.3 is 0 Å². The number of benzene rings is 1. The number of hydrogen-bond donors (Lipinski definition) is 0. The number of aryl methyl sites for hydroxylation is 3. The third-order valence-electron chi connectivity index (χ3n) is 3.03. The minimum absolute atomic E-state index is 0.605. The number of rotatable bonds is 4. The lowest BCUT2D eigenvalue weighted by molar-refractivity contribution is 0.331. The van der Waals surface area contributed by atoms with Crippen LogP contribution in [0.15, 0.2) is 12.1 Å². The molecule has 1 aromatic rings. The molecule has 2 heteroatoms. The summed E-state index contributed by atoms with van der Waals surface area (Å²) in [4.78, 5) is 0. The van der Waals surface area contributed by atoms with Crippen molar-refractivity contribution in [2.24, 2.45) is 0 Å². The predicted molar refractivity (Wildman–Crippen MR) is 80.7 cm³/mol. The molecule has 1 rings (SSSR count). The molecule has 0 spiro atoms. The van der Waals surface area contributed by atoms with Crippen LogP contribution < -0.4 is 5.30 Å². The summed E-state index contributed by atoms with van der Waals surface area (Å²) < 4.78 is 2.57. The monoisotopic (exact) mass is 251 g/mol. The van der Waals surface area contributed by atoms with Crippen molar-refractivity contribution in [3.63, 3.8) is 0 Å². The van der Waals surface area contributed by atoms with Gasteiger partial charge in [-0.05, 0) is 73.6 Å². The maximum absolute atomic E-state index is 2.57. The minimum Gasteiger partial charge on any atom is -0.276 e. The molecule has 1 nitrogen and oxygen atoms in total. The zero-order valence-corrected chi connectivity index (χ0v) is 13.3. The quantitative estimate of drug-likeness (QED) is 0.732. The molecule has 0 amide bonds. The van der Waals surface area contributed by atoms with Crippen molar-refractivity contribution in [2.75, 3.05) is 0 Å². The summed E-state index contributed by atoms with van der Waals surface area (Å²) in [5, 5.41) is 1.53. The molecule has 17 heavy (non-hydrogen) atoms. The molecule has 0 heterocycles. The largest absolute Gasteiger partial charge is 0.276 e. The van der Waals surface area contributed by atoms with E-state index in [0.717, 1.165) is 8.73 Å². The Balaban J connectivity index is 3.01. The van der Waals surface area contributed by atoms with Crippen molar-refractivity contribution in [1.82, 2.24) is 4.67 Å². The Kier molecular flexibility index (Phi) is 5.16. The molecular weight excluding hydrogens is 225 g/mol. The highest BCUT2D eigenvalue weighted by atomic mass is 31.1. The van der Waals surface area contributed by atoms with E-state index in [-0.39, 0.29) is 0 Å². The fourth-order valence-corrected chi connectivity index (χ4v) is 3.61. The summed E-state index contributed by atoms with van der Waals surface area (Å²) in [5.74, 6) is 0. The van der Waals surface area contributed by atoms with Gasteiger partial charge in [-0.2, -0.15) is 0 Å². The van der Waals surface area contributed by atoms with E-state index < -0.39 is 0 Å². The average Bonchev–Trinajstić information content (AvgIpc) is 2.14. The van der Waals surface area contributed by atoms with Crippen molar-refractivity contribution in [3.05, 3.63) is 28.8 Å². The van der Waals surface area contributed by atoms with Gasteiger partial charge in [0.1, 0.15) is 0 Å². The first-order chi connectivity index (χ1) is 7.82. The van der Waals surface area contributed by atoms with Crippen LogP contribution in [0.1, 0.15) is 44.4 Å². The lowest BCUT2D eigenvalue weighted by Gasteiger charge is -2.31. The third kappa shape index (κ3) is 3.79. The molecular formula is C15H26NP. The van der Waals surface area contributed by atoms with Gasteiger partial charge in [0.15, 0.2) is 0 Å². The van der Waals surface area contributed by atoms with Gasteiger partial charge in [-0.25, -0.2) is 0 Å². The summed E-state index contributed by atoms with van der Waals surface area (Å²) in [6.45, 7) is 15.8. The van der Waals surface area contributed by atoms with E-state index in [9.17, 15) is 0 Å². The molecule has 0 radical (unpaired) electrons. The molecule has 1 unspecified atom stereocenters. The lowest BCUT2D eigenvalue weighted by atomic mass is 10.1. The Morgan fingerprint density at radius 1 is 0.882 bits per heavy atom. The summed E-state index contributed by atoms with van der Waals surface area (Å²) in [7, 11) is 0.784. The van der Waals surface area contributed by atoms with Crippen LogP contribution >= 0.6 is 8.73 Å². The Bertz CT molecular complexity index is 352. The highest BCUT2D eigenvalue weighted by molar-refractivity contribution is 7.45. The fourth-order valence-electron chi connectivity index (χ4n) is 2.34. The Morgan fingerprint density at radius 2 is 1.29 bits per heavy atom. The third-order valence-corrected chi connectivity index (χ3v) is 5.33. The highest BCUT2D eigenvalue weighted by Gasteiger charge is 2.16. The van der Waals surface area contributed by atoms with Crippen molar-refractivity contribution in [2.45, 2.75) is 60.5 Å². The normalized spacial score (nSPS) is 12.6. The molecule has 0 aromatic heterocycles. The molecule has 0 saturated carbocycles. The molecule has 0 saturated heterocycles. The van der Waals surface area contributed by atoms with E-state index in [1.165, 1.54) is 22.0 Å². The van der Waals surface area contributed by atoms with Gasteiger partial charge in [-0.15, -0.1) is 0 Å². The summed E-state index contributed by atoms with van der Waals surface area (Å²) in [6.07, 6.45) is 0. The van der Waals surface area contributed by atoms with Crippen molar-refractivity contribution in [3.8, 4) is 0 Å². The number of hydrogen-bond acceptors (Lipinski definition) is 1. The van der Waals surface area contributed by atoms with Crippen LogP contribution in [0, 0.1) is 20.8 Å². The van der Waals surface area contributed by atoms with Crippen LogP contribution in [-0.4, -0.2) is 16.8 Å². The van der Waals surface area contributed by atoms with Gasteiger partial charge in [0.2, 0.25) is 0 Å². The van der Waals surface area contributed by atoms with Crippen LogP contribution in [0.3, 0.4) is 0 Å². The molecule has 1 atom stereocenters. The Morgan fingerprint density at radius 3 is 1.65 bits per heavy atom. The zero-order valence-electron chi connectivity index (χ0n) is 12.3. The van der Waals surface area contributed by atoms with Crippen LogP contribution in [0.25, 0.3) is 0 Å². The average molecular weight is 251 g/mol. The van der Waals surface area contributed by atoms with Gasteiger partial charge >= 0.3 is 0 Å². The van der Waals surface area contributed by atoms with Gasteiger partial charge in [0.05, 0.1) is 0 Å². The molecule has 0 aliphatic rings. The van der Waals surface area contributed by atoms with Crippen LogP contribution in [0.5, 0.6) is 0 Å². The second kappa shape index (κ2) is 5.98. The molecule has 0 aliphatic heterocycles. The van der Waals surface area contributed by atoms with E-state index in [1.807, 2.05) is 0 Å². The van der Waals surface area contributed by atoms with Crippen LogP contribution in [-0.2, 0) is 0 Å². The second-order valence-electron chi connectivity index (χ2n) is 5.48. The summed E-state index contributed by atoms with van der Waals surface area (Å²) in [5.41, 5.74) is 4.24. The molecule has 0 fully saturated rings. The standard InChI is InChI=1S/C15H26NP/c1-10(2)16(11(3)4)17-15-13(6)8-12(5)9-14(15)7/h8-11,17H,1-7H3. The Hall–Kier alpha value is -0.390. The second-order valence-corrected chi connectivity index (χ2v) is 6.72. The topological polar surface area (TPSA) is 3.24 Å². The maximum Gasteiger partial charge on any atom is 0.00809 e. The van der Waals surface area contributed by atoms with Crippen molar-refractivity contribution >= 4 is 14.0 Å². The molecule has 96 valence electrons. The summed E-state index contributed by atoms with van der Waals surface area (Å²) in [6, 6.07) is 5.81. The van der Waals surface area contributed by atoms with E-state index in [1.54, 1.807) is 0 Å². The van der Waals surface area contributed by atoms with Gasteiger partial charge in [0, 0.05) is 12.1 Å². The maximum atomic E-state index is 2.57. The minimum atomic E-state index is 0.605. The van der Waals surface area contributed by atoms with Gasteiger partial charge in [0.25, 0.3) is 0 Å². The predicted octanol–water partition coefficient (Wildman–Crippen LogP) is 3.95. The summed E-state index contributed by atoms with van der Waals surface area (Å²) >= 11 is 0. The lowest BCUT2D eigenvalue weighted by Crippen LogP contribution is -2.32. The zero-order chi connectivity index (χ0) is 13.2. The highest BCUT2D eigenvalue weighted by Crippen LogP contribution is 2.27. The smallest absolute Gasteiger partial charge is 0.00809 e. The Labute approximate surface area is 108 Å². The van der Waals surface area contributed by atoms with Gasteiger partial charge in [-0.3, -0.25) is 4.67 Å². The fraction of sp³-hybridized carbons (Fsp3) is 0.600. The van der Waals surface area contributed by atoms with E-state index in [4.69, 9.17) is 0 Å². The van der Waals surface area contributed by atoms with Crippen LogP contribution in [0.4, 0.5) is 0 Å². The number of nitrogens with zero attached hydrogens (tertiary/aromatic N) is 1. The first-order valence-electron chi connectivity index (χ1n) is 6.45. The van der Waals surface area contributed by atoms with E-state index in [2.05, 4.69) is 65.3 Å². The van der Waals surface area contributed by atoms with E-state index >= 15 is 0 Å². The van der Waals surface area contributed by atoms with E-state index in [0.29, 0.717) is 12.1 Å². The molecule has 0 N–H and O–H groups in total. The van der Waals surface area contributed by atoms with Gasteiger partial charge in [-0.1, -0.05) is 17.7 Å². The first-order valence-corrected chi connectivity index (χ1v) is 7.40. The van der Waals surface area contributed by atoms with Crippen molar-refractivity contribution < 1.29 is 0 Å². The first kappa shape index (κ1) is 14.7. The molecule has 1 aromatic carbocycles. The van der Waals surface area contributed by atoms with Crippen molar-refractivity contribution in [1.29, 1.82) is 0 Å².